The minimum Gasteiger partial charge on any atom is -0.304 e. The Kier molecular flexibility index (Phi) is 6.10. The third-order valence-electron chi connectivity index (χ3n) is 5.54. The van der Waals surface area contributed by atoms with E-state index in [4.69, 9.17) is 0 Å². The van der Waals surface area contributed by atoms with E-state index in [0.29, 0.717) is 35.2 Å². The number of carbonyl (C=O) groups is 1. The molecule has 0 atom stereocenters. The quantitative estimate of drug-likeness (QED) is 0.317. The summed E-state index contributed by atoms with van der Waals surface area (Å²) in [6.07, 6.45) is 0. The molecule has 10 heteroatoms. The molecular weight excluding hydrogens is 440 g/mol. The van der Waals surface area contributed by atoms with Crippen molar-refractivity contribution >= 4 is 28.7 Å². The van der Waals surface area contributed by atoms with Crippen molar-refractivity contribution in [3.8, 4) is 0 Å². The normalized spacial score (nSPS) is 11.0. The van der Waals surface area contributed by atoms with E-state index < -0.39 is 4.92 Å². The van der Waals surface area contributed by atoms with Crippen LogP contribution in [0.1, 0.15) is 43.4 Å². The Labute approximate surface area is 194 Å². The van der Waals surface area contributed by atoms with E-state index in [-0.39, 0.29) is 11.6 Å². The fourth-order valence-electron chi connectivity index (χ4n) is 3.71. The summed E-state index contributed by atoms with van der Waals surface area (Å²) >= 11 is 1.31. The first-order valence-corrected chi connectivity index (χ1v) is 11.3. The van der Waals surface area contributed by atoms with Gasteiger partial charge in [-0.15, -0.1) is 11.3 Å². The molecule has 0 fully saturated rings. The molecule has 4 rings (SSSR count). The van der Waals surface area contributed by atoms with Gasteiger partial charge in [0, 0.05) is 11.8 Å². The zero-order valence-corrected chi connectivity index (χ0v) is 19.6. The van der Waals surface area contributed by atoms with Gasteiger partial charge in [0.05, 0.1) is 22.9 Å². The number of hydrogen-bond donors (Lipinski definition) is 1. The minimum absolute atomic E-state index is 0.0276. The predicted molar refractivity (Wildman–Crippen MR) is 127 cm³/mol. The maximum absolute atomic E-state index is 12.8. The maximum atomic E-state index is 12.8. The molecule has 1 aromatic carbocycles. The molecule has 3 heterocycles. The lowest BCUT2D eigenvalue weighted by Crippen LogP contribution is -2.12. The highest BCUT2D eigenvalue weighted by atomic mass is 32.1. The summed E-state index contributed by atoms with van der Waals surface area (Å²) in [7, 11) is 0. The molecule has 4 aromatic rings. The average Bonchev–Trinajstić information content (AvgIpc) is 3.42. The first-order chi connectivity index (χ1) is 15.7. The summed E-state index contributed by atoms with van der Waals surface area (Å²) < 4.78 is 3.46. The number of hydrogen-bond acceptors (Lipinski definition) is 6. The molecule has 0 aliphatic heterocycles. The van der Waals surface area contributed by atoms with Crippen LogP contribution in [0.5, 0.6) is 0 Å². The Morgan fingerprint density at radius 1 is 1.09 bits per heavy atom. The van der Waals surface area contributed by atoms with Crippen molar-refractivity contribution in [1.29, 1.82) is 0 Å². The van der Waals surface area contributed by atoms with Crippen LogP contribution in [0, 0.1) is 37.8 Å². The highest BCUT2D eigenvalue weighted by molar-refractivity contribution is 7.12. The number of carbonyl (C=O) groups excluding carboxylic acids is 1. The van der Waals surface area contributed by atoms with Gasteiger partial charge in [-0.3, -0.25) is 24.3 Å². The lowest BCUT2D eigenvalue weighted by atomic mass is 10.1. The van der Waals surface area contributed by atoms with Gasteiger partial charge in [0.2, 0.25) is 0 Å². The minimum atomic E-state index is -0.416. The maximum Gasteiger partial charge on any atom is 0.312 e. The van der Waals surface area contributed by atoms with E-state index in [9.17, 15) is 14.9 Å². The molecule has 33 heavy (non-hydrogen) atoms. The monoisotopic (exact) mass is 464 g/mol. The topological polar surface area (TPSA) is 108 Å². The van der Waals surface area contributed by atoms with Crippen molar-refractivity contribution in [2.24, 2.45) is 0 Å². The molecule has 0 aliphatic rings. The Hall–Kier alpha value is -3.79. The van der Waals surface area contributed by atoms with Crippen LogP contribution in [-0.4, -0.2) is 30.4 Å². The molecule has 170 valence electrons. The zero-order chi connectivity index (χ0) is 23.7. The van der Waals surface area contributed by atoms with Crippen molar-refractivity contribution < 1.29 is 9.72 Å². The number of anilines is 1. The van der Waals surface area contributed by atoms with Crippen LogP contribution in [0.2, 0.25) is 0 Å². The van der Waals surface area contributed by atoms with Gasteiger partial charge in [-0.2, -0.15) is 10.2 Å². The van der Waals surface area contributed by atoms with E-state index in [1.165, 1.54) is 22.5 Å². The lowest BCUT2D eigenvalue weighted by Gasteiger charge is -2.07. The molecule has 0 aliphatic carbocycles. The van der Waals surface area contributed by atoms with Crippen molar-refractivity contribution in [2.45, 2.75) is 40.8 Å². The zero-order valence-electron chi connectivity index (χ0n) is 18.8. The third-order valence-corrected chi connectivity index (χ3v) is 6.52. The molecule has 1 N–H and O–H groups in total. The second-order valence-electron chi connectivity index (χ2n) is 7.96. The number of nitrogens with one attached hydrogen (secondary N) is 1. The smallest absolute Gasteiger partial charge is 0.304 e. The van der Waals surface area contributed by atoms with Gasteiger partial charge in [-0.05, 0) is 55.8 Å². The van der Waals surface area contributed by atoms with Crippen molar-refractivity contribution in [1.82, 2.24) is 19.6 Å². The summed E-state index contributed by atoms with van der Waals surface area (Å²) in [5.41, 5.74) is 5.07. The predicted octanol–water partition coefficient (Wildman–Crippen LogP) is 4.63. The highest BCUT2D eigenvalue weighted by Crippen LogP contribution is 2.24. The third kappa shape index (κ3) is 4.70. The Morgan fingerprint density at radius 3 is 2.55 bits per heavy atom. The van der Waals surface area contributed by atoms with Gasteiger partial charge in [0.1, 0.15) is 11.4 Å². The number of aryl methyl sites for hydroxylation is 3. The van der Waals surface area contributed by atoms with Gasteiger partial charge in [-0.25, -0.2) is 0 Å². The molecule has 0 unspecified atom stereocenters. The number of rotatable bonds is 7. The molecular formula is C23H24N6O3S. The fraction of sp³-hybridized carbons (Fsp3) is 0.261. The SMILES string of the molecule is Cc1ccccc1Cn1nc(NC(=O)c2cc(Cn3nc(C)c([N+](=O)[O-])c3C)cs2)cc1C. The van der Waals surface area contributed by atoms with E-state index in [1.54, 1.807) is 24.6 Å². The summed E-state index contributed by atoms with van der Waals surface area (Å²) in [5.74, 6) is 0.251. The Bertz CT molecular complexity index is 1350. The molecule has 9 nitrogen and oxygen atoms in total. The van der Waals surface area contributed by atoms with Gasteiger partial charge in [0.15, 0.2) is 5.82 Å². The second-order valence-corrected chi connectivity index (χ2v) is 8.87. The van der Waals surface area contributed by atoms with E-state index in [1.807, 2.05) is 35.2 Å². The van der Waals surface area contributed by atoms with Gasteiger partial charge < -0.3 is 5.32 Å². The van der Waals surface area contributed by atoms with Crippen molar-refractivity contribution in [2.75, 3.05) is 5.32 Å². The Balaban J connectivity index is 1.45. The fourth-order valence-corrected chi connectivity index (χ4v) is 4.51. The molecule has 0 radical (unpaired) electrons. The number of nitro groups is 1. The number of amides is 1. The molecule has 3 aromatic heterocycles. The standard InChI is InChI=1S/C23H24N6O3S/c1-14-7-5-6-8-19(14)12-27-15(2)9-21(26-27)24-23(30)20-10-18(13-33-20)11-28-17(4)22(29(31)32)16(3)25-28/h5-10,13H,11-12H2,1-4H3,(H,24,26,30). The lowest BCUT2D eigenvalue weighted by molar-refractivity contribution is -0.386. The summed E-state index contributed by atoms with van der Waals surface area (Å²) in [4.78, 5) is 24.1. The van der Waals surface area contributed by atoms with Crippen LogP contribution < -0.4 is 5.32 Å². The van der Waals surface area contributed by atoms with Gasteiger partial charge in [0.25, 0.3) is 5.91 Å². The number of aromatic nitrogens is 4. The summed E-state index contributed by atoms with van der Waals surface area (Å²) in [6.45, 7) is 8.30. The first kappa shape index (κ1) is 22.4. The molecule has 1 amide bonds. The summed E-state index contributed by atoms with van der Waals surface area (Å²) in [5, 5.41) is 24.7. The summed E-state index contributed by atoms with van der Waals surface area (Å²) in [6, 6.07) is 11.8. The van der Waals surface area contributed by atoms with Crippen LogP contribution in [-0.2, 0) is 13.1 Å². The molecule has 0 bridgehead atoms. The highest BCUT2D eigenvalue weighted by Gasteiger charge is 2.22. The van der Waals surface area contributed by atoms with E-state index in [2.05, 4.69) is 34.6 Å². The van der Waals surface area contributed by atoms with Crippen LogP contribution in [0.4, 0.5) is 11.5 Å². The number of nitrogens with zero attached hydrogens (tertiary/aromatic N) is 5. The first-order valence-electron chi connectivity index (χ1n) is 10.4. The van der Waals surface area contributed by atoms with Crippen LogP contribution >= 0.6 is 11.3 Å². The van der Waals surface area contributed by atoms with Crippen LogP contribution in [0.25, 0.3) is 0 Å². The molecule has 0 saturated carbocycles. The van der Waals surface area contributed by atoms with Crippen LogP contribution in [0.15, 0.2) is 41.8 Å². The van der Waals surface area contributed by atoms with Crippen molar-refractivity contribution in [3.63, 3.8) is 0 Å². The van der Waals surface area contributed by atoms with Gasteiger partial charge >= 0.3 is 5.69 Å². The molecule has 0 spiro atoms. The number of thiophene rings is 1. The largest absolute Gasteiger partial charge is 0.312 e. The Morgan fingerprint density at radius 2 is 1.85 bits per heavy atom. The second kappa shape index (κ2) is 8.99. The van der Waals surface area contributed by atoms with Crippen LogP contribution in [0.3, 0.4) is 0 Å². The number of benzene rings is 1. The van der Waals surface area contributed by atoms with E-state index in [0.717, 1.165) is 11.3 Å². The van der Waals surface area contributed by atoms with E-state index >= 15 is 0 Å². The molecule has 0 saturated heterocycles. The average molecular weight is 465 g/mol. The van der Waals surface area contributed by atoms with Gasteiger partial charge in [-0.1, -0.05) is 24.3 Å². The van der Waals surface area contributed by atoms with Crippen molar-refractivity contribution in [3.05, 3.63) is 90.5 Å².